The molecule has 0 saturated carbocycles. The summed E-state index contributed by atoms with van der Waals surface area (Å²) in [7, 11) is 3.19. The molecule has 1 fully saturated rings. The van der Waals surface area contributed by atoms with Crippen molar-refractivity contribution in [3.63, 3.8) is 0 Å². The van der Waals surface area contributed by atoms with Crippen molar-refractivity contribution in [2.75, 3.05) is 26.0 Å². The number of aliphatic hydroxyl groups is 1. The lowest BCUT2D eigenvalue weighted by atomic mass is 9.98. The van der Waals surface area contributed by atoms with Gasteiger partial charge in [-0.25, -0.2) is 15.0 Å². The van der Waals surface area contributed by atoms with Crippen LogP contribution < -0.4 is 10.6 Å². The fourth-order valence-corrected chi connectivity index (χ4v) is 4.22. The summed E-state index contributed by atoms with van der Waals surface area (Å²) >= 11 is 0. The van der Waals surface area contributed by atoms with Crippen LogP contribution in [0.15, 0.2) is 47.1 Å². The molecule has 4 aromatic rings. The molecule has 2 amide bonds. The van der Waals surface area contributed by atoms with Crippen molar-refractivity contribution in [1.29, 1.82) is 0 Å². The highest BCUT2D eigenvalue weighted by Gasteiger charge is 2.48. The van der Waals surface area contributed by atoms with Crippen molar-refractivity contribution in [1.82, 2.24) is 40.1 Å². The van der Waals surface area contributed by atoms with Crippen LogP contribution in [-0.2, 0) is 10.4 Å². The Labute approximate surface area is 217 Å². The van der Waals surface area contributed by atoms with Gasteiger partial charge >= 0.3 is 0 Å². The summed E-state index contributed by atoms with van der Waals surface area (Å²) < 4.78 is 6.97. The number of likely N-dealkylation sites (tertiary alicyclic amines) is 1. The molecule has 0 bridgehead atoms. The minimum Gasteiger partial charge on any atom is -0.373 e. The van der Waals surface area contributed by atoms with Gasteiger partial charge in [0.25, 0.3) is 11.8 Å². The number of rotatable bonds is 7. The Morgan fingerprint density at radius 3 is 2.55 bits per heavy atom. The third-order valence-corrected chi connectivity index (χ3v) is 6.28. The third kappa shape index (κ3) is 4.47. The molecule has 1 saturated heterocycles. The van der Waals surface area contributed by atoms with Gasteiger partial charge < -0.3 is 25.2 Å². The summed E-state index contributed by atoms with van der Waals surface area (Å²) in [6.07, 6.45) is 1.81. The van der Waals surface area contributed by atoms with Crippen molar-refractivity contribution in [2.24, 2.45) is 0 Å². The van der Waals surface area contributed by atoms with Gasteiger partial charge in [0.2, 0.25) is 11.5 Å². The second kappa shape index (κ2) is 9.67. The molecule has 0 unspecified atom stereocenters. The molecule has 3 N–H and O–H groups in total. The summed E-state index contributed by atoms with van der Waals surface area (Å²) in [5, 5.41) is 25.0. The van der Waals surface area contributed by atoms with E-state index < -0.39 is 11.5 Å². The Balaban J connectivity index is 1.40. The van der Waals surface area contributed by atoms with Crippen molar-refractivity contribution < 1.29 is 19.2 Å². The van der Waals surface area contributed by atoms with Crippen molar-refractivity contribution in [3.05, 3.63) is 54.0 Å². The van der Waals surface area contributed by atoms with Crippen LogP contribution in [0.4, 0.5) is 11.8 Å². The number of likely N-dealkylation sites (N-methyl/N-ethyl adjacent to an activating group) is 1. The molecular formula is C25H27N9O4. The van der Waals surface area contributed by atoms with E-state index >= 15 is 0 Å². The average molecular weight is 518 g/mol. The molecule has 0 radical (unpaired) electrons. The lowest BCUT2D eigenvalue weighted by Crippen LogP contribution is -2.35. The van der Waals surface area contributed by atoms with Gasteiger partial charge in [0, 0.05) is 51.4 Å². The fraction of sp³-hybridized carbons (Fsp3) is 0.320. The molecule has 0 aromatic carbocycles. The molecule has 13 heteroatoms. The van der Waals surface area contributed by atoms with E-state index in [1.54, 1.807) is 55.3 Å². The number of aromatic nitrogens is 6. The fourth-order valence-electron chi connectivity index (χ4n) is 4.22. The van der Waals surface area contributed by atoms with E-state index in [0.29, 0.717) is 40.8 Å². The highest BCUT2D eigenvalue weighted by Crippen LogP contribution is 2.34. The number of nitrogens with zero attached hydrogens (tertiary/aromatic N) is 7. The Bertz CT molecular complexity index is 1510. The zero-order valence-electron chi connectivity index (χ0n) is 21.3. The Morgan fingerprint density at radius 2 is 1.87 bits per heavy atom. The molecule has 13 nitrogen and oxygen atoms in total. The predicted molar refractivity (Wildman–Crippen MR) is 136 cm³/mol. The van der Waals surface area contributed by atoms with Gasteiger partial charge in [0.1, 0.15) is 11.4 Å². The van der Waals surface area contributed by atoms with Crippen LogP contribution in [-0.4, -0.2) is 72.3 Å². The minimum atomic E-state index is -1.73. The highest BCUT2D eigenvalue weighted by atomic mass is 16.5. The van der Waals surface area contributed by atoms with Crippen LogP contribution in [0.3, 0.4) is 0 Å². The zero-order chi connectivity index (χ0) is 27.0. The topological polar surface area (TPSA) is 164 Å². The summed E-state index contributed by atoms with van der Waals surface area (Å²) in [6.45, 7) is 4.29. The van der Waals surface area contributed by atoms with Crippen LogP contribution >= 0.6 is 0 Å². The molecule has 4 aromatic heterocycles. The maximum atomic E-state index is 12.4. The average Bonchev–Trinajstić information content (AvgIpc) is 3.65. The first-order chi connectivity index (χ1) is 18.2. The molecule has 196 valence electrons. The molecular weight excluding hydrogens is 490 g/mol. The second-order valence-corrected chi connectivity index (χ2v) is 9.24. The van der Waals surface area contributed by atoms with Crippen LogP contribution in [0, 0.1) is 0 Å². The van der Waals surface area contributed by atoms with Crippen LogP contribution in [0.25, 0.3) is 22.8 Å². The van der Waals surface area contributed by atoms with Crippen LogP contribution in [0.1, 0.15) is 42.6 Å². The molecule has 38 heavy (non-hydrogen) atoms. The first-order valence-electron chi connectivity index (χ1n) is 12.0. The SMILES string of the molecule is CNC(=O)c1cc(Nc2nccc(-c3cccc(-c4cc([C@]5(O)CCN(C)C5=O)on4)n3)n2)nn1C(C)C. The summed E-state index contributed by atoms with van der Waals surface area (Å²) in [4.78, 5) is 39.6. The number of carbonyl (C=O) groups excluding carboxylic acids is 2. The second-order valence-electron chi connectivity index (χ2n) is 9.24. The molecule has 0 spiro atoms. The van der Waals surface area contributed by atoms with Gasteiger partial charge in [-0.1, -0.05) is 11.2 Å². The van der Waals surface area contributed by atoms with E-state index in [-0.39, 0.29) is 30.1 Å². The van der Waals surface area contributed by atoms with Crippen molar-refractivity contribution in [2.45, 2.75) is 31.9 Å². The lowest BCUT2D eigenvalue weighted by Gasteiger charge is -2.16. The minimum absolute atomic E-state index is 0.0255. The van der Waals surface area contributed by atoms with E-state index in [1.165, 1.54) is 11.0 Å². The quantitative estimate of drug-likeness (QED) is 0.331. The number of anilines is 2. The van der Waals surface area contributed by atoms with E-state index in [1.807, 2.05) is 13.8 Å². The van der Waals surface area contributed by atoms with Gasteiger partial charge in [0.05, 0.1) is 17.1 Å². The Morgan fingerprint density at radius 1 is 1.13 bits per heavy atom. The largest absolute Gasteiger partial charge is 0.373 e. The molecule has 1 atom stereocenters. The number of hydrogen-bond acceptors (Lipinski definition) is 10. The van der Waals surface area contributed by atoms with Gasteiger partial charge in [-0.15, -0.1) is 0 Å². The Hall–Kier alpha value is -4.65. The maximum absolute atomic E-state index is 12.4. The number of amides is 2. The number of pyridine rings is 1. The van der Waals surface area contributed by atoms with E-state index in [2.05, 4.69) is 35.8 Å². The molecule has 5 rings (SSSR count). The van der Waals surface area contributed by atoms with Gasteiger partial charge in [-0.3, -0.25) is 14.3 Å². The summed E-state index contributed by atoms with van der Waals surface area (Å²) in [6, 6.07) is 10.2. The van der Waals surface area contributed by atoms with Gasteiger partial charge in [0.15, 0.2) is 11.6 Å². The molecule has 0 aliphatic carbocycles. The predicted octanol–water partition coefficient (Wildman–Crippen LogP) is 2.12. The normalized spacial score (nSPS) is 17.3. The number of nitrogens with one attached hydrogen (secondary N) is 2. The number of carbonyl (C=O) groups is 2. The van der Waals surface area contributed by atoms with Gasteiger partial charge in [-0.05, 0) is 32.0 Å². The molecule has 1 aliphatic rings. The van der Waals surface area contributed by atoms with Crippen molar-refractivity contribution in [3.8, 4) is 22.8 Å². The number of hydrogen-bond donors (Lipinski definition) is 3. The highest BCUT2D eigenvalue weighted by molar-refractivity contribution is 5.93. The zero-order valence-corrected chi connectivity index (χ0v) is 21.3. The van der Waals surface area contributed by atoms with Crippen molar-refractivity contribution >= 4 is 23.6 Å². The van der Waals surface area contributed by atoms with E-state index in [9.17, 15) is 14.7 Å². The monoisotopic (exact) mass is 517 g/mol. The standard InChI is InChI=1S/C25H27N9O4/c1-14(2)34-19(22(35)26-3)13-21(31-34)30-24-27-10-8-17(29-24)15-6-5-7-16(28-15)18-12-20(38-32-18)25(37)9-11-33(4)23(25)36/h5-8,10,12-14,37H,9,11H2,1-4H3,(H,26,35)(H,27,29,30,31)/t25-/m1/s1. The van der Waals surface area contributed by atoms with E-state index in [0.717, 1.165) is 0 Å². The maximum Gasteiger partial charge on any atom is 0.269 e. The third-order valence-electron chi connectivity index (χ3n) is 6.28. The smallest absolute Gasteiger partial charge is 0.269 e. The van der Waals surface area contributed by atoms with E-state index in [4.69, 9.17) is 4.52 Å². The first kappa shape index (κ1) is 25.0. The lowest BCUT2D eigenvalue weighted by molar-refractivity contribution is -0.144. The summed E-state index contributed by atoms with van der Waals surface area (Å²) in [5.41, 5.74) is 0.634. The molecule has 5 heterocycles. The molecule has 1 aliphatic heterocycles. The Kier molecular flexibility index (Phi) is 6.36. The summed E-state index contributed by atoms with van der Waals surface area (Å²) in [5.74, 6) is 0.114. The van der Waals surface area contributed by atoms with Gasteiger partial charge in [-0.2, -0.15) is 5.10 Å². The van der Waals surface area contributed by atoms with Crippen LogP contribution in [0.5, 0.6) is 0 Å². The van der Waals surface area contributed by atoms with Crippen LogP contribution in [0.2, 0.25) is 0 Å². The first-order valence-corrected chi connectivity index (χ1v) is 12.0.